The molecule has 6 nitrogen and oxygen atoms in total. The number of benzene rings is 2. The van der Waals surface area contributed by atoms with Crippen LogP contribution in [0, 0.1) is 6.92 Å². The van der Waals surface area contributed by atoms with Crippen molar-refractivity contribution in [2.24, 2.45) is 0 Å². The molecule has 27 heavy (non-hydrogen) atoms. The first kappa shape index (κ1) is 18.4. The Balaban J connectivity index is 1.78. The number of hydrogen-bond donors (Lipinski definition) is 2. The van der Waals surface area contributed by atoms with Gasteiger partial charge in [-0.2, -0.15) is 0 Å². The minimum Gasteiger partial charge on any atom is -0.340 e. The number of aromatic amines is 1. The molecule has 1 heterocycles. The van der Waals surface area contributed by atoms with Crippen LogP contribution in [0.3, 0.4) is 0 Å². The van der Waals surface area contributed by atoms with Crippen molar-refractivity contribution in [3.05, 3.63) is 83.4 Å². The van der Waals surface area contributed by atoms with Crippen LogP contribution in [0.25, 0.3) is 0 Å². The van der Waals surface area contributed by atoms with Crippen molar-refractivity contribution in [3.8, 4) is 0 Å². The molecule has 0 radical (unpaired) electrons. The number of carbonyl (C=O) groups excluding carboxylic acids is 2. The third-order valence-corrected chi connectivity index (χ3v) is 4.56. The number of imidazole rings is 1. The van der Waals surface area contributed by atoms with Crippen molar-refractivity contribution in [3.63, 3.8) is 0 Å². The lowest BCUT2D eigenvalue weighted by atomic mass is 10.1. The van der Waals surface area contributed by atoms with Gasteiger partial charge in [0.1, 0.15) is 5.69 Å². The smallest absolute Gasteiger partial charge is 0.276 e. The summed E-state index contributed by atoms with van der Waals surface area (Å²) in [6.07, 6.45) is 1.36. The fourth-order valence-corrected chi connectivity index (χ4v) is 2.76. The zero-order valence-corrected chi connectivity index (χ0v) is 15.6. The number of nitrogens with one attached hydrogen (secondary N) is 2. The molecule has 0 aliphatic heterocycles. The Labute approximate surface area is 158 Å². The molecule has 2 amide bonds. The van der Waals surface area contributed by atoms with E-state index in [0.717, 1.165) is 11.1 Å². The van der Waals surface area contributed by atoms with Crippen molar-refractivity contribution in [2.75, 3.05) is 12.4 Å². The topological polar surface area (TPSA) is 78.1 Å². The van der Waals surface area contributed by atoms with E-state index in [2.05, 4.69) is 15.3 Å². The van der Waals surface area contributed by atoms with Crippen LogP contribution in [-0.2, 0) is 0 Å². The quantitative estimate of drug-likeness (QED) is 0.724. The summed E-state index contributed by atoms with van der Waals surface area (Å²) in [6.45, 7) is 3.91. The predicted octanol–water partition coefficient (Wildman–Crippen LogP) is 3.80. The molecule has 0 fully saturated rings. The largest absolute Gasteiger partial charge is 0.340 e. The number of aromatic nitrogens is 2. The Hall–Kier alpha value is -3.41. The van der Waals surface area contributed by atoms with Gasteiger partial charge in [0.25, 0.3) is 11.8 Å². The summed E-state index contributed by atoms with van der Waals surface area (Å²) >= 11 is 0. The predicted molar refractivity (Wildman–Crippen MR) is 105 cm³/mol. The van der Waals surface area contributed by atoms with Gasteiger partial charge in [0.2, 0.25) is 0 Å². The Bertz CT molecular complexity index is 932. The Morgan fingerprint density at radius 3 is 2.41 bits per heavy atom. The molecule has 6 heteroatoms. The molecule has 0 aliphatic rings. The van der Waals surface area contributed by atoms with Gasteiger partial charge in [-0.1, -0.05) is 48.0 Å². The van der Waals surface area contributed by atoms with Crippen LogP contribution in [0.2, 0.25) is 0 Å². The van der Waals surface area contributed by atoms with Gasteiger partial charge in [-0.25, -0.2) is 4.98 Å². The maximum Gasteiger partial charge on any atom is 0.276 e. The van der Waals surface area contributed by atoms with Crippen LogP contribution in [0.1, 0.15) is 45.1 Å². The van der Waals surface area contributed by atoms with Crippen molar-refractivity contribution >= 4 is 17.5 Å². The molecule has 0 saturated heterocycles. The molecule has 0 saturated carbocycles. The molecule has 0 unspecified atom stereocenters. The molecular weight excluding hydrogens is 340 g/mol. The maximum absolute atomic E-state index is 12.9. The summed E-state index contributed by atoms with van der Waals surface area (Å²) in [6, 6.07) is 17.0. The second kappa shape index (κ2) is 7.86. The lowest BCUT2D eigenvalue weighted by Crippen LogP contribution is -2.31. The summed E-state index contributed by atoms with van der Waals surface area (Å²) in [5, 5.41) is 2.77. The normalized spacial score (nSPS) is 11.7. The Morgan fingerprint density at radius 1 is 1.07 bits per heavy atom. The van der Waals surface area contributed by atoms with Gasteiger partial charge in [-0.3, -0.25) is 9.59 Å². The molecule has 3 aromatic rings. The third-order valence-electron chi connectivity index (χ3n) is 4.56. The van der Waals surface area contributed by atoms with E-state index in [1.54, 1.807) is 11.9 Å². The average molecular weight is 362 g/mol. The SMILES string of the molecule is Cc1ccc(NC(=O)c2nc[nH]c2C(=O)N(C)[C@@H](C)c2ccccc2)cc1. The van der Waals surface area contributed by atoms with E-state index in [0.29, 0.717) is 5.69 Å². The van der Waals surface area contributed by atoms with Crippen molar-refractivity contribution in [2.45, 2.75) is 19.9 Å². The number of amides is 2. The van der Waals surface area contributed by atoms with Crippen LogP contribution in [0.4, 0.5) is 5.69 Å². The van der Waals surface area contributed by atoms with Gasteiger partial charge >= 0.3 is 0 Å². The van der Waals surface area contributed by atoms with E-state index in [1.807, 2.05) is 68.4 Å². The standard InChI is InChI=1S/C21H22N4O2/c1-14-9-11-17(12-10-14)24-20(26)18-19(23-13-22-18)21(27)25(3)15(2)16-7-5-4-6-8-16/h4-13,15H,1-3H3,(H,22,23)(H,24,26)/t15-/m0/s1. The highest BCUT2D eigenvalue weighted by Gasteiger charge is 2.26. The number of aryl methyl sites for hydroxylation is 1. The van der Waals surface area contributed by atoms with Crippen LogP contribution in [0.5, 0.6) is 0 Å². The number of anilines is 1. The molecule has 0 bridgehead atoms. The molecule has 1 aromatic heterocycles. The van der Waals surface area contributed by atoms with Crippen molar-refractivity contribution in [1.82, 2.24) is 14.9 Å². The lowest BCUT2D eigenvalue weighted by molar-refractivity contribution is 0.0732. The zero-order valence-electron chi connectivity index (χ0n) is 15.6. The minimum absolute atomic E-state index is 0.0766. The van der Waals surface area contributed by atoms with Gasteiger partial charge in [0, 0.05) is 12.7 Å². The molecule has 1 atom stereocenters. The van der Waals surface area contributed by atoms with Gasteiger partial charge in [0.05, 0.1) is 12.4 Å². The highest BCUT2D eigenvalue weighted by Crippen LogP contribution is 2.21. The summed E-state index contributed by atoms with van der Waals surface area (Å²) in [7, 11) is 1.71. The molecule has 0 spiro atoms. The lowest BCUT2D eigenvalue weighted by Gasteiger charge is -2.25. The van der Waals surface area contributed by atoms with Crippen LogP contribution in [-0.4, -0.2) is 33.7 Å². The van der Waals surface area contributed by atoms with Crippen LogP contribution < -0.4 is 5.32 Å². The molecule has 0 aliphatic carbocycles. The fourth-order valence-electron chi connectivity index (χ4n) is 2.76. The van der Waals surface area contributed by atoms with Crippen molar-refractivity contribution < 1.29 is 9.59 Å². The summed E-state index contributed by atoms with van der Waals surface area (Å²) in [5.41, 5.74) is 3.01. The highest BCUT2D eigenvalue weighted by molar-refractivity contribution is 6.10. The van der Waals surface area contributed by atoms with Gasteiger partial charge in [-0.15, -0.1) is 0 Å². The van der Waals surface area contributed by atoms with E-state index in [4.69, 9.17) is 0 Å². The van der Waals surface area contributed by atoms with Crippen LogP contribution in [0.15, 0.2) is 60.9 Å². The monoisotopic (exact) mass is 362 g/mol. The molecular formula is C21H22N4O2. The molecule has 2 N–H and O–H groups in total. The van der Waals surface area contributed by atoms with Crippen molar-refractivity contribution in [1.29, 1.82) is 0 Å². The number of nitrogens with zero attached hydrogens (tertiary/aromatic N) is 2. The van der Waals surface area contributed by atoms with Gasteiger partial charge in [-0.05, 0) is 31.5 Å². The van der Waals surface area contributed by atoms with E-state index in [9.17, 15) is 9.59 Å². The second-order valence-electron chi connectivity index (χ2n) is 6.45. The van der Waals surface area contributed by atoms with E-state index in [1.165, 1.54) is 6.33 Å². The Morgan fingerprint density at radius 2 is 1.74 bits per heavy atom. The van der Waals surface area contributed by atoms with Gasteiger partial charge < -0.3 is 15.2 Å². The average Bonchev–Trinajstić information content (AvgIpc) is 3.18. The first-order chi connectivity index (χ1) is 13.0. The number of H-pyrrole nitrogens is 1. The number of hydrogen-bond acceptors (Lipinski definition) is 3. The maximum atomic E-state index is 12.9. The molecule has 138 valence electrons. The first-order valence-corrected chi connectivity index (χ1v) is 8.71. The summed E-state index contributed by atoms with van der Waals surface area (Å²) in [5.74, 6) is -0.720. The number of rotatable bonds is 5. The van der Waals surface area contributed by atoms with Crippen LogP contribution >= 0.6 is 0 Å². The summed E-state index contributed by atoms with van der Waals surface area (Å²) < 4.78 is 0. The number of carbonyl (C=O) groups is 2. The molecule has 3 rings (SSSR count). The zero-order chi connectivity index (χ0) is 19.4. The first-order valence-electron chi connectivity index (χ1n) is 8.71. The molecule has 2 aromatic carbocycles. The minimum atomic E-state index is -0.427. The second-order valence-corrected chi connectivity index (χ2v) is 6.45. The van der Waals surface area contributed by atoms with Gasteiger partial charge in [0.15, 0.2) is 5.69 Å². The van der Waals surface area contributed by atoms with E-state index in [-0.39, 0.29) is 23.3 Å². The highest BCUT2D eigenvalue weighted by atomic mass is 16.2. The Kier molecular flexibility index (Phi) is 5.35. The third kappa shape index (κ3) is 4.06. The fraction of sp³-hybridized carbons (Fsp3) is 0.190. The van der Waals surface area contributed by atoms with E-state index < -0.39 is 5.91 Å². The van der Waals surface area contributed by atoms with E-state index >= 15 is 0 Å². The summed E-state index contributed by atoms with van der Waals surface area (Å²) in [4.78, 5) is 33.9.